The summed E-state index contributed by atoms with van der Waals surface area (Å²) >= 11 is 5.90. The fraction of sp³-hybridized carbons (Fsp3) is 0.158. The molecule has 0 radical (unpaired) electrons. The highest BCUT2D eigenvalue weighted by Crippen LogP contribution is 2.23. The first-order valence-corrected chi connectivity index (χ1v) is 8.38. The topological polar surface area (TPSA) is 75.9 Å². The summed E-state index contributed by atoms with van der Waals surface area (Å²) in [7, 11) is 0. The van der Waals surface area contributed by atoms with E-state index in [1.807, 2.05) is 24.3 Å². The van der Waals surface area contributed by atoms with Crippen LogP contribution in [-0.2, 0) is 13.1 Å². The fourth-order valence-corrected chi connectivity index (χ4v) is 2.48. The van der Waals surface area contributed by atoms with Gasteiger partial charge >= 0.3 is 0 Å². The van der Waals surface area contributed by atoms with E-state index in [-0.39, 0.29) is 0 Å². The maximum Gasteiger partial charge on any atom is 0.155 e. The third-order valence-corrected chi connectivity index (χ3v) is 4.09. The van der Waals surface area contributed by atoms with E-state index in [1.165, 1.54) is 17.5 Å². The van der Waals surface area contributed by atoms with Crippen LogP contribution in [0.4, 0.5) is 17.3 Å². The standard InChI is InChI=1S/C19H20ClN5/c1-13-2-4-14(5-3-13)10-22-18-17(21)19(25-12-24-18)23-11-15-6-8-16(20)9-7-15/h2-9,12H,10-11,21H2,1H3,(H2,22,23,24,25). The molecule has 0 aliphatic rings. The minimum atomic E-state index is 0.503. The number of hydrogen-bond acceptors (Lipinski definition) is 5. The highest BCUT2D eigenvalue weighted by molar-refractivity contribution is 6.30. The summed E-state index contributed by atoms with van der Waals surface area (Å²) in [6, 6.07) is 16.0. The van der Waals surface area contributed by atoms with Crippen molar-refractivity contribution in [1.82, 2.24) is 9.97 Å². The lowest BCUT2D eigenvalue weighted by molar-refractivity contribution is 1.06. The zero-order chi connectivity index (χ0) is 17.6. The van der Waals surface area contributed by atoms with Crippen molar-refractivity contribution in [1.29, 1.82) is 0 Å². The summed E-state index contributed by atoms with van der Waals surface area (Å²) in [4.78, 5) is 8.46. The number of halogens is 1. The smallest absolute Gasteiger partial charge is 0.155 e. The van der Waals surface area contributed by atoms with E-state index < -0.39 is 0 Å². The monoisotopic (exact) mass is 353 g/mol. The Labute approximate surface area is 152 Å². The van der Waals surface area contributed by atoms with Crippen LogP contribution in [0.5, 0.6) is 0 Å². The molecule has 0 amide bonds. The number of nitrogens with zero attached hydrogens (tertiary/aromatic N) is 2. The molecular weight excluding hydrogens is 334 g/mol. The first-order valence-electron chi connectivity index (χ1n) is 8.00. The number of rotatable bonds is 6. The van der Waals surface area contributed by atoms with E-state index in [0.717, 1.165) is 5.56 Å². The van der Waals surface area contributed by atoms with Crippen molar-refractivity contribution in [3.05, 3.63) is 76.6 Å². The van der Waals surface area contributed by atoms with Gasteiger partial charge < -0.3 is 16.4 Å². The Morgan fingerprint density at radius 2 is 1.32 bits per heavy atom. The van der Waals surface area contributed by atoms with Crippen LogP contribution < -0.4 is 16.4 Å². The van der Waals surface area contributed by atoms with Crippen LogP contribution in [0, 0.1) is 6.92 Å². The molecule has 4 N–H and O–H groups in total. The van der Waals surface area contributed by atoms with E-state index in [4.69, 9.17) is 17.3 Å². The van der Waals surface area contributed by atoms with Crippen LogP contribution in [0.2, 0.25) is 5.02 Å². The van der Waals surface area contributed by atoms with Crippen LogP contribution in [0.25, 0.3) is 0 Å². The molecule has 0 bridgehead atoms. The van der Waals surface area contributed by atoms with Crippen molar-refractivity contribution in [3.8, 4) is 0 Å². The van der Waals surface area contributed by atoms with Crippen molar-refractivity contribution in [2.24, 2.45) is 0 Å². The van der Waals surface area contributed by atoms with Gasteiger partial charge in [-0.1, -0.05) is 53.6 Å². The molecule has 0 fully saturated rings. The van der Waals surface area contributed by atoms with Crippen molar-refractivity contribution in [2.45, 2.75) is 20.0 Å². The molecule has 3 rings (SSSR count). The van der Waals surface area contributed by atoms with Gasteiger partial charge in [-0.05, 0) is 30.2 Å². The highest BCUT2D eigenvalue weighted by Gasteiger charge is 2.08. The van der Waals surface area contributed by atoms with Crippen LogP contribution in [0.15, 0.2) is 54.9 Å². The molecule has 0 unspecified atom stereocenters. The van der Waals surface area contributed by atoms with Gasteiger partial charge in [0.05, 0.1) is 0 Å². The van der Waals surface area contributed by atoms with Gasteiger partial charge in [-0.15, -0.1) is 0 Å². The molecule has 128 valence electrons. The summed E-state index contributed by atoms with van der Waals surface area (Å²) in [5, 5.41) is 7.21. The predicted molar refractivity (Wildman–Crippen MR) is 104 cm³/mol. The summed E-state index contributed by atoms with van der Waals surface area (Å²) in [6.07, 6.45) is 1.50. The normalized spacial score (nSPS) is 10.5. The van der Waals surface area contributed by atoms with Crippen LogP contribution >= 0.6 is 11.6 Å². The van der Waals surface area contributed by atoms with Gasteiger partial charge in [-0.3, -0.25) is 0 Å². The first-order chi connectivity index (χ1) is 12.1. The summed E-state index contributed by atoms with van der Waals surface area (Å²) in [5.74, 6) is 1.23. The van der Waals surface area contributed by atoms with Crippen LogP contribution in [-0.4, -0.2) is 9.97 Å². The van der Waals surface area contributed by atoms with Crippen molar-refractivity contribution >= 4 is 28.9 Å². The largest absolute Gasteiger partial charge is 0.393 e. The number of nitrogens with one attached hydrogen (secondary N) is 2. The molecule has 25 heavy (non-hydrogen) atoms. The summed E-state index contributed by atoms with van der Waals surface area (Å²) in [5.41, 5.74) is 10.2. The molecule has 0 aliphatic carbocycles. The lowest BCUT2D eigenvalue weighted by atomic mass is 10.1. The summed E-state index contributed by atoms with van der Waals surface area (Å²) < 4.78 is 0. The Morgan fingerprint density at radius 3 is 1.84 bits per heavy atom. The van der Waals surface area contributed by atoms with Crippen molar-refractivity contribution < 1.29 is 0 Å². The van der Waals surface area contributed by atoms with Gasteiger partial charge in [0.15, 0.2) is 11.6 Å². The molecule has 5 nitrogen and oxygen atoms in total. The maximum absolute atomic E-state index is 6.19. The molecule has 0 aliphatic heterocycles. The quantitative estimate of drug-likeness (QED) is 0.617. The molecular formula is C19H20ClN5. The number of hydrogen-bond donors (Lipinski definition) is 3. The number of nitrogen functional groups attached to an aromatic ring is 1. The average Bonchev–Trinajstić information content (AvgIpc) is 2.62. The van der Waals surface area contributed by atoms with Gasteiger partial charge in [0, 0.05) is 18.1 Å². The third kappa shape index (κ3) is 4.61. The number of nitrogens with two attached hydrogens (primary N) is 1. The minimum Gasteiger partial charge on any atom is -0.393 e. The van der Waals surface area contributed by atoms with E-state index in [1.54, 1.807) is 0 Å². The molecule has 0 spiro atoms. The zero-order valence-electron chi connectivity index (χ0n) is 14.0. The van der Waals surface area contributed by atoms with Crippen molar-refractivity contribution in [3.63, 3.8) is 0 Å². The molecule has 0 saturated heterocycles. The predicted octanol–water partition coefficient (Wildman–Crippen LogP) is 4.24. The van der Waals surface area contributed by atoms with E-state index in [2.05, 4.69) is 51.8 Å². The molecule has 1 heterocycles. The lowest BCUT2D eigenvalue weighted by Crippen LogP contribution is -2.10. The van der Waals surface area contributed by atoms with Crippen molar-refractivity contribution in [2.75, 3.05) is 16.4 Å². The second-order valence-corrected chi connectivity index (χ2v) is 6.24. The van der Waals surface area contributed by atoms with Crippen LogP contribution in [0.3, 0.4) is 0 Å². The zero-order valence-corrected chi connectivity index (χ0v) is 14.7. The fourth-order valence-electron chi connectivity index (χ4n) is 2.36. The molecule has 0 atom stereocenters. The Hall–Kier alpha value is -2.79. The number of benzene rings is 2. The van der Waals surface area contributed by atoms with E-state index in [9.17, 15) is 0 Å². The Kier molecular flexibility index (Phi) is 5.36. The molecule has 1 aromatic heterocycles. The second kappa shape index (κ2) is 7.85. The van der Waals surface area contributed by atoms with E-state index in [0.29, 0.717) is 35.4 Å². The number of aromatic nitrogens is 2. The highest BCUT2D eigenvalue weighted by atomic mass is 35.5. The van der Waals surface area contributed by atoms with Gasteiger partial charge in [-0.2, -0.15) is 0 Å². The average molecular weight is 354 g/mol. The Bertz CT molecular complexity index is 764. The number of anilines is 3. The second-order valence-electron chi connectivity index (χ2n) is 5.80. The van der Waals surface area contributed by atoms with E-state index >= 15 is 0 Å². The minimum absolute atomic E-state index is 0.503. The Balaban J connectivity index is 1.64. The van der Waals surface area contributed by atoms with Gasteiger partial charge in [-0.25, -0.2) is 9.97 Å². The number of aryl methyl sites for hydroxylation is 1. The summed E-state index contributed by atoms with van der Waals surface area (Å²) in [6.45, 7) is 3.33. The SMILES string of the molecule is Cc1ccc(CNc2ncnc(NCc3ccc(Cl)cc3)c2N)cc1. The first kappa shape index (κ1) is 17.0. The lowest BCUT2D eigenvalue weighted by Gasteiger charge is -2.13. The molecule has 0 saturated carbocycles. The van der Waals surface area contributed by atoms with Crippen LogP contribution in [0.1, 0.15) is 16.7 Å². The third-order valence-electron chi connectivity index (χ3n) is 3.84. The van der Waals surface area contributed by atoms with Gasteiger partial charge in [0.25, 0.3) is 0 Å². The molecule has 3 aromatic rings. The maximum atomic E-state index is 6.19. The Morgan fingerprint density at radius 1 is 0.840 bits per heavy atom. The molecule has 2 aromatic carbocycles. The van der Waals surface area contributed by atoms with Gasteiger partial charge in [0.1, 0.15) is 12.0 Å². The molecule has 6 heteroatoms. The van der Waals surface area contributed by atoms with Gasteiger partial charge in [0.2, 0.25) is 0 Å².